The Bertz CT molecular complexity index is 351. The van der Waals surface area contributed by atoms with Crippen molar-refractivity contribution in [1.82, 2.24) is 0 Å². The lowest BCUT2D eigenvalue weighted by Crippen LogP contribution is -2.25. The lowest BCUT2D eigenvalue weighted by atomic mass is 10.2. The second-order valence-corrected chi connectivity index (χ2v) is 3.58. The predicted octanol–water partition coefficient (Wildman–Crippen LogP) is 1.74. The van der Waals surface area contributed by atoms with Gasteiger partial charge in [-0.05, 0) is 24.5 Å². The van der Waals surface area contributed by atoms with Gasteiger partial charge in [-0.2, -0.15) is 0 Å². The molecule has 0 fully saturated rings. The van der Waals surface area contributed by atoms with E-state index >= 15 is 0 Å². The summed E-state index contributed by atoms with van der Waals surface area (Å²) < 4.78 is 5.25. The van der Waals surface area contributed by atoms with E-state index in [2.05, 4.69) is 5.32 Å². The molecule has 1 N–H and O–H groups in total. The van der Waals surface area contributed by atoms with Crippen LogP contribution in [0.2, 0.25) is 0 Å². The lowest BCUT2D eigenvalue weighted by molar-refractivity contribution is -0.118. The zero-order valence-electron chi connectivity index (χ0n) is 7.16. The molecule has 1 heterocycles. The molecule has 0 atom stereocenters. The first-order valence-electron chi connectivity index (χ1n) is 3.90. The Hall–Kier alpha value is -1.16. The van der Waals surface area contributed by atoms with Crippen LogP contribution in [0.15, 0.2) is 23.1 Å². The van der Waals surface area contributed by atoms with Gasteiger partial charge in [0.15, 0.2) is 6.61 Å². The van der Waals surface area contributed by atoms with Crippen LogP contribution in [0.3, 0.4) is 0 Å². The fourth-order valence-electron chi connectivity index (χ4n) is 1.18. The number of ether oxygens (including phenoxy) is 1. The Kier molecular flexibility index (Phi) is 2.14. The molecule has 0 aromatic heterocycles. The van der Waals surface area contributed by atoms with E-state index in [1.54, 1.807) is 11.8 Å². The number of carbonyl (C=O) groups is 1. The third-order valence-electron chi connectivity index (χ3n) is 1.82. The highest BCUT2D eigenvalue weighted by Gasteiger charge is 2.15. The summed E-state index contributed by atoms with van der Waals surface area (Å²) in [4.78, 5) is 12.1. The molecule has 1 amide bonds. The van der Waals surface area contributed by atoms with Crippen molar-refractivity contribution >= 4 is 23.4 Å². The first-order chi connectivity index (χ1) is 6.29. The molecule has 0 radical (unpaired) electrons. The number of thioether (sulfide) groups is 1. The summed E-state index contributed by atoms with van der Waals surface area (Å²) in [6.07, 6.45) is 2.00. The van der Waals surface area contributed by atoms with Gasteiger partial charge < -0.3 is 10.1 Å². The molecule has 1 aromatic carbocycles. The first-order valence-corrected chi connectivity index (χ1v) is 5.13. The van der Waals surface area contributed by atoms with Crippen LogP contribution in [0.4, 0.5) is 5.69 Å². The maximum atomic E-state index is 10.9. The SMILES string of the molecule is CSc1ccc2c(c1)OCC(=O)N2. The molecule has 0 saturated heterocycles. The first kappa shape index (κ1) is 8.44. The van der Waals surface area contributed by atoms with E-state index in [0.29, 0.717) is 0 Å². The Morgan fingerprint density at radius 1 is 1.54 bits per heavy atom. The maximum Gasteiger partial charge on any atom is 0.262 e. The second kappa shape index (κ2) is 3.30. The quantitative estimate of drug-likeness (QED) is 0.694. The summed E-state index contributed by atoms with van der Waals surface area (Å²) >= 11 is 1.65. The van der Waals surface area contributed by atoms with Crippen molar-refractivity contribution < 1.29 is 9.53 Å². The van der Waals surface area contributed by atoms with Gasteiger partial charge in [0.2, 0.25) is 0 Å². The van der Waals surface area contributed by atoms with E-state index in [4.69, 9.17) is 4.74 Å². The Morgan fingerprint density at radius 3 is 3.15 bits per heavy atom. The minimum absolute atomic E-state index is 0.0931. The molecule has 0 spiro atoms. The molecule has 0 aliphatic carbocycles. The van der Waals surface area contributed by atoms with Gasteiger partial charge in [-0.1, -0.05) is 0 Å². The topological polar surface area (TPSA) is 38.3 Å². The van der Waals surface area contributed by atoms with Gasteiger partial charge in [-0.25, -0.2) is 0 Å². The molecule has 68 valence electrons. The lowest BCUT2D eigenvalue weighted by Gasteiger charge is -2.17. The minimum Gasteiger partial charge on any atom is -0.482 e. The zero-order valence-corrected chi connectivity index (χ0v) is 7.98. The molecule has 0 bridgehead atoms. The molecule has 3 nitrogen and oxygen atoms in total. The van der Waals surface area contributed by atoms with E-state index in [0.717, 1.165) is 16.3 Å². The fraction of sp³-hybridized carbons (Fsp3) is 0.222. The molecule has 2 rings (SSSR count). The molecule has 1 aliphatic heterocycles. The molecule has 4 heteroatoms. The Balaban J connectivity index is 2.36. The average molecular weight is 195 g/mol. The van der Waals surface area contributed by atoms with Crippen LogP contribution in [-0.2, 0) is 4.79 Å². The van der Waals surface area contributed by atoms with Gasteiger partial charge >= 0.3 is 0 Å². The van der Waals surface area contributed by atoms with Crippen molar-refractivity contribution in [2.45, 2.75) is 4.90 Å². The van der Waals surface area contributed by atoms with Crippen molar-refractivity contribution in [3.05, 3.63) is 18.2 Å². The highest BCUT2D eigenvalue weighted by atomic mass is 32.2. The summed E-state index contributed by atoms with van der Waals surface area (Å²) in [6, 6.07) is 5.75. The molecule has 0 unspecified atom stereocenters. The summed E-state index contributed by atoms with van der Waals surface area (Å²) in [7, 11) is 0. The number of fused-ring (bicyclic) bond motifs is 1. The molecular weight excluding hydrogens is 186 g/mol. The van der Waals surface area contributed by atoms with E-state index in [1.165, 1.54) is 0 Å². The third-order valence-corrected chi connectivity index (χ3v) is 2.55. The van der Waals surface area contributed by atoms with E-state index in [9.17, 15) is 4.79 Å². The number of hydrogen-bond acceptors (Lipinski definition) is 3. The van der Waals surface area contributed by atoms with Gasteiger partial charge in [0.1, 0.15) is 5.75 Å². The fourth-order valence-corrected chi connectivity index (χ4v) is 1.61. The van der Waals surface area contributed by atoms with Gasteiger partial charge in [-0.15, -0.1) is 11.8 Å². The number of hydrogen-bond donors (Lipinski definition) is 1. The standard InChI is InChI=1S/C9H9NO2S/c1-13-6-2-3-7-8(4-6)12-5-9(11)10-7/h2-4H,5H2,1H3,(H,10,11). The minimum atomic E-state index is -0.0931. The smallest absolute Gasteiger partial charge is 0.262 e. The van der Waals surface area contributed by atoms with Crippen LogP contribution in [0.25, 0.3) is 0 Å². The van der Waals surface area contributed by atoms with E-state index in [1.807, 2.05) is 24.5 Å². The number of benzene rings is 1. The van der Waals surface area contributed by atoms with E-state index < -0.39 is 0 Å². The normalized spacial score (nSPS) is 14.4. The number of rotatable bonds is 1. The largest absolute Gasteiger partial charge is 0.482 e. The third kappa shape index (κ3) is 1.62. The van der Waals surface area contributed by atoms with Crippen LogP contribution < -0.4 is 10.1 Å². The summed E-state index contributed by atoms with van der Waals surface area (Å²) in [5, 5.41) is 2.74. The van der Waals surface area contributed by atoms with Crippen molar-refractivity contribution in [1.29, 1.82) is 0 Å². The number of anilines is 1. The molecule has 1 aromatic rings. The highest BCUT2D eigenvalue weighted by molar-refractivity contribution is 7.98. The van der Waals surface area contributed by atoms with Crippen molar-refractivity contribution in [3.63, 3.8) is 0 Å². The van der Waals surface area contributed by atoms with E-state index in [-0.39, 0.29) is 12.5 Å². The van der Waals surface area contributed by atoms with Crippen LogP contribution in [-0.4, -0.2) is 18.8 Å². The van der Waals surface area contributed by atoms with Gasteiger partial charge in [0.25, 0.3) is 5.91 Å². The van der Waals surface area contributed by atoms with Crippen LogP contribution in [0.5, 0.6) is 5.75 Å². The van der Waals surface area contributed by atoms with Crippen molar-refractivity contribution in [3.8, 4) is 5.75 Å². The summed E-state index contributed by atoms with van der Waals surface area (Å²) in [5.74, 6) is 0.663. The summed E-state index contributed by atoms with van der Waals surface area (Å²) in [6.45, 7) is 0.116. The second-order valence-electron chi connectivity index (χ2n) is 2.70. The molecule has 13 heavy (non-hydrogen) atoms. The van der Waals surface area contributed by atoms with Gasteiger partial charge in [0.05, 0.1) is 5.69 Å². The van der Waals surface area contributed by atoms with Gasteiger partial charge in [-0.3, -0.25) is 4.79 Å². The van der Waals surface area contributed by atoms with Crippen LogP contribution in [0, 0.1) is 0 Å². The Labute approximate surface area is 80.5 Å². The molecule has 1 aliphatic rings. The number of amides is 1. The predicted molar refractivity (Wildman–Crippen MR) is 52.3 cm³/mol. The maximum absolute atomic E-state index is 10.9. The number of carbonyl (C=O) groups excluding carboxylic acids is 1. The highest BCUT2D eigenvalue weighted by Crippen LogP contribution is 2.31. The Morgan fingerprint density at radius 2 is 2.38 bits per heavy atom. The molecule has 0 saturated carbocycles. The van der Waals surface area contributed by atoms with Crippen LogP contribution >= 0.6 is 11.8 Å². The van der Waals surface area contributed by atoms with Crippen molar-refractivity contribution in [2.75, 3.05) is 18.2 Å². The monoisotopic (exact) mass is 195 g/mol. The number of nitrogens with one attached hydrogen (secondary N) is 1. The van der Waals surface area contributed by atoms with Crippen molar-refractivity contribution in [2.24, 2.45) is 0 Å². The average Bonchev–Trinajstić information content (AvgIpc) is 2.17. The van der Waals surface area contributed by atoms with Gasteiger partial charge in [0, 0.05) is 4.90 Å². The van der Waals surface area contributed by atoms with Crippen LogP contribution in [0.1, 0.15) is 0 Å². The summed E-state index contributed by atoms with van der Waals surface area (Å²) in [5.41, 5.74) is 0.758. The zero-order chi connectivity index (χ0) is 9.26. The molecular formula is C9H9NO2S.